The largest absolute Gasteiger partial charge is 0.466 e. The fourth-order valence-electron chi connectivity index (χ4n) is 1.40. The monoisotopic (exact) mass is 216 g/mol. The van der Waals surface area contributed by atoms with Crippen molar-refractivity contribution < 1.29 is 14.6 Å². The van der Waals surface area contributed by atoms with Gasteiger partial charge in [-0.25, -0.2) is 0 Å². The summed E-state index contributed by atoms with van der Waals surface area (Å²) >= 11 is 0. The Morgan fingerprint density at radius 2 is 1.93 bits per heavy atom. The van der Waals surface area contributed by atoms with Crippen LogP contribution in [0.1, 0.15) is 58.8 Å². The maximum Gasteiger partial charge on any atom is 0.308 e. The molecule has 15 heavy (non-hydrogen) atoms. The van der Waals surface area contributed by atoms with E-state index in [9.17, 15) is 9.90 Å². The summed E-state index contributed by atoms with van der Waals surface area (Å²) in [4.78, 5) is 11.2. The molecule has 1 unspecified atom stereocenters. The average molecular weight is 216 g/mol. The highest BCUT2D eigenvalue weighted by Crippen LogP contribution is 2.04. The lowest BCUT2D eigenvalue weighted by Crippen LogP contribution is -2.15. The van der Waals surface area contributed by atoms with Crippen LogP contribution in [0.3, 0.4) is 0 Å². The van der Waals surface area contributed by atoms with Crippen molar-refractivity contribution in [2.75, 3.05) is 6.61 Å². The highest BCUT2D eigenvalue weighted by molar-refractivity contribution is 5.69. The third-order valence-electron chi connectivity index (χ3n) is 2.29. The van der Waals surface area contributed by atoms with Crippen molar-refractivity contribution in [1.29, 1.82) is 0 Å². The predicted molar refractivity (Wildman–Crippen MR) is 60.6 cm³/mol. The zero-order valence-corrected chi connectivity index (χ0v) is 10.00. The SMILES string of the molecule is CCCCCCOC(=O)CC(O)CCC. The Morgan fingerprint density at radius 3 is 2.53 bits per heavy atom. The summed E-state index contributed by atoms with van der Waals surface area (Å²) in [6, 6.07) is 0. The maximum absolute atomic E-state index is 11.2. The van der Waals surface area contributed by atoms with E-state index in [0.29, 0.717) is 13.0 Å². The molecule has 0 aromatic heterocycles. The van der Waals surface area contributed by atoms with E-state index in [-0.39, 0.29) is 12.4 Å². The van der Waals surface area contributed by atoms with Crippen molar-refractivity contribution in [2.45, 2.75) is 64.9 Å². The normalized spacial score (nSPS) is 12.5. The van der Waals surface area contributed by atoms with Gasteiger partial charge in [0.2, 0.25) is 0 Å². The number of aliphatic hydroxyl groups is 1. The van der Waals surface area contributed by atoms with Crippen LogP contribution in [-0.2, 0) is 9.53 Å². The third kappa shape index (κ3) is 9.73. The number of carbonyl (C=O) groups is 1. The van der Waals surface area contributed by atoms with Crippen molar-refractivity contribution in [2.24, 2.45) is 0 Å². The first-order valence-electron chi connectivity index (χ1n) is 6.04. The predicted octanol–water partition coefficient (Wildman–Crippen LogP) is 2.66. The first kappa shape index (κ1) is 14.4. The molecule has 0 heterocycles. The van der Waals surface area contributed by atoms with Crippen molar-refractivity contribution in [3.8, 4) is 0 Å². The van der Waals surface area contributed by atoms with Crippen molar-refractivity contribution in [3.63, 3.8) is 0 Å². The fourth-order valence-corrected chi connectivity index (χ4v) is 1.40. The smallest absolute Gasteiger partial charge is 0.308 e. The lowest BCUT2D eigenvalue weighted by Gasteiger charge is -2.08. The second-order valence-electron chi connectivity index (χ2n) is 3.93. The van der Waals surface area contributed by atoms with Gasteiger partial charge in [0.25, 0.3) is 0 Å². The van der Waals surface area contributed by atoms with E-state index >= 15 is 0 Å². The number of rotatable bonds is 9. The molecule has 0 fully saturated rings. The van der Waals surface area contributed by atoms with Gasteiger partial charge in [0.15, 0.2) is 0 Å². The van der Waals surface area contributed by atoms with E-state index in [1.807, 2.05) is 6.92 Å². The van der Waals surface area contributed by atoms with Gasteiger partial charge in [-0.05, 0) is 12.8 Å². The van der Waals surface area contributed by atoms with Crippen LogP contribution >= 0.6 is 0 Å². The van der Waals surface area contributed by atoms with Gasteiger partial charge in [0, 0.05) is 0 Å². The van der Waals surface area contributed by atoms with Crippen molar-refractivity contribution in [1.82, 2.24) is 0 Å². The number of hydrogen-bond donors (Lipinski definition) is 1. The van der Waals surface area contributed by atoms with E-state index in [0.717, 1.165) is 19.3 Å². The minimum absolute atomic E-state index is 0.140. The lowest BCUT2D eigenvalue weighted by molar-refractivity contribution is -0.146. The van der Waals surface area contributed by atoms with Crippen molar-refractivity contribution >= 4 is 5.97 Å². The van der Waals surface area contributed by atoms with Crippen LogP contribution in [0.15, 0.2) is 0 Å². The van der Waals surface area contributed by atoms with Gasteiger partial charge in [-0.3, -0.25) is 4.79 Å². The van der Waals surface area contributed by atoms with Gasteiger partial charge in [-0.15, -0.1) is 0 Å². The summed E-state index contributed by atoms with van der Waals surface area (Å²) in [5, 5.41) is 9.36. The molecule has 0 radical (unpaired) electrons. The number of ether oxygens (including phenoxy) is 1. The van der Waals surface area contributed by atoms with Crippen molar-refractivity contribution in [3.05, 3.63) is 0 Å². The summed E-state index contributed by atoms with van der Waals surface area (Å²) in [6.45, 7) is 4.63. The van der Waals surface area contributed by atoms with E-state index in [1.54, 1.807) is 0 Å². The highest BCUT2D eigenvalue weighted by atomic mass is 16.5. The molecule has 0 aromatic rings. The minimum atomic E-state index is -0.529. The summed E-state index contributed by atoms with van der Waals surface area (Å²) in [5.41, 5.74) is 0. The quantitative estimate of drug-likeness (QED) is 0.476. The molecule has 0 rings (SSSR count). The maximum atomic E-state index is 11.2. The molecule has 90 valence electrons. The average Bonchev–Trinajstić information content (AvgIpc) is 2.17. The van der Waals surface area contributed by atoms with Gasteiger partial charge in [0.05, 0.1) is 19.1 Å². The standard InChI is InChI=1S/C12H24O3/c1-3-5-6-7-9-15-12(14)10-11(13)8-4-2/h11,13H,3-10H2,1-2H3. The number of unbranched alkanes of at least 4 members (excludes halogenated alkanes) is 3. The van der Waals surface area contributed by atoms with Crippen LogP contribution in [0.4, 0.5) is 0 Å². The van der Waals surface area contributed by atoms with Gasteiger partial charge in [0.1, 0.15) is 0 Å². The molecule has 0 aliphatic carbocycles. The third-order valence-corrected chi connectivity index (χ3v) is 2.29. The zero-order valence-electron chi connectivity index (χ0n) is 10.00. The van der Waals surface area contributed by atoms with Gasteiger partial charge >= 0.3 is 5.97 Å². The molecule has 0 spiro atoms. The summed E-state index contributed by atoms with van der Waals surface area (Å²) < 4.78 is 5.01. The van der Waals surface area contributed by atoms with Crippen LogP contribution in [-0.4, -0.2) is 23.8 Å². The Kier molecular flexibility index (Phi) is 9.59. The van der Waals surface area contributed by atoms with E-state index in [1.165, 1.54) is 12.8 Å². The van der Waals surface area contributed by atoms with Crippen LogP contribution < -0.4 is 0 Å². The highest BCUT2D eigenvalue weighted by Gasteiger charge is 2.10. The molecule has 0 aliphatic rings. The van der Waals surface area contributed by atoms with E-state index < -0.39 is 6.10 Å². The van der Waals surface area contributed by atoms with Crippen LogP contribution in [0.25, 0.3) is 0 Å². The number of aliphatic hydroxyl groups excluding tert-OH is 1. The molecule has 0 saturated heterocycles. The minimum Gasteiger partial charge on any atom is -0.466 e. The lowest BCUT2D eigenvalue weighted by atomic mass is 10.1. The Morgan fingerprint density at radius 1 is 1.20 bits per heavy atom. The molecule has 0 aromatic carbocycles. The first-order valence-corrected chi connectivity index (χ1v) is 6.04. The summed E-state index contributed by atoms with van der Waals surface area (Å²) in [5.74, 6) is -0.271. The molecular weight excluding hydrogens is 192 g/mol. The second-order valence-corrected chi connectivity index (χ2v) is 3.93. The number of hydrogen-bond acceptors (Lipinski definition) is 3. The van der Waals surface area contributed by atoms with Gasteiger partial charge in [-0.2, -0.15) is 0 Å². The molecule has 3 heteroatoms. The molecular formula is C12H24O3. The Labute approximate surface area is 92.8 Å². The van der Waals surface area contributed by atoms with E-state index in [2.05, 4.69) is 6.92 Å². The molecule has 0 saturated carbocycles. The van der Waals surface area contributed by atoms with Crippen LogP contribution in [0.5, 0.6) is 0 Å². The molecule has 0 aliphatic heterocycles. The Balaban J connectivity index is 3.32. The topological polar surface area (TPSA) is 46.5 Å². The van der Waals surface area contributed by atoms with Gasteiger partial charge in [-0.1, -0.05) is 39.5 Å². The Hall–Kier alpha value is -0.570. The number of esters is 1. The number of carbonyl (C=O) groups excluding carboxylic acids is 1. The second kappa shape index (κ2) is 9.97. The first-order chi connectivity index (χ1) is 7.20. The fraction of sp³-hybridized carbons (Fsp3) is 0.917. The molecule has 1 N–H and O–H groups in total. The summed E-state index contributed by atoms with van der Waals surface area (Å²) in [7, 11) is 0. The summed E-state index contributed by atoms with van der Waals surface area (Å²) in [6.07, 6.45) is 5.60. The molecule has 1 atom stereocenters. The molecule has 0 bridgehead atoms. The van der Waals surface area contributed by atoms with E-state index in [4.69, 9.17) is 4.74 Å². The molecule has 3 nitrogen and oxygen atoms in total. The van der Waals surface area contributed by atoms with Crippen LogP contribution in [0, 0.1) is 0 Å². The molecule has 0 amide bonds. The van der Waals surface area contributed by atoms with Gasteiger partial charge < -0.3 is 9.84 Å². The Bertz CT molecular complexity index is 157. The zero-order chi connectivity index (χ0) is 11.5. The van der Waals surface area contributed by atoms with Crippen LogP contribution in [0.2, 0.25) is 0 Å².